The van der Waals surface area contributed by atoms with Gasteiger partial charge in [0.15, 0.2) is 0 Å². The van der Waals surface area contributed by atoms with E-state index in [0.29, 0.717) is 13.0 Å². The second-order valence-corrected chi connectivity index (χ2v) is 3.43. The van der Waals surface area contributed by atoms with Crippen LogP contribution in [0.4, 0.5) is 13.2 Å². The lowest BCUT2D eigenvalue weighted by Gasteiger charge is -2.32. The molecule has 1 nitrogen and oxygen atoms in total. The van der Waals surface area contributed by atoms with Crippen molar-refractivity contribution in [3.05, 3.63) is 0 Å². The molecule has 0 aromatic heterocycles. The van der Waals surface area contributed by atoms with Crippen LogP contribution in [0.15, 0.2) is 0 Å². The Labute approximate surface area is 84.3 Å². The number of nitrogens with zero attached hydrogens (tertiary/aromatic N) is 1. The van der Waals surface area contributed by atoms with Crippen LogP contribution < -0.4 is 0 Å². The standard InChI is InChI=1S/C8H14F3N.C2H6/c1-6-2-3-12(4-7(6)9)5-8(10)11;1-2/h6-8H,2-5H2,1H3;1-2H3. The van der Waals surface area contributed by atoms with Gasteiger partial charge in [0.1, 0.15) is 6.17 Å². The monoisotopic (exact) mass is 211 g/mol. The Balaban J connectivity index is 0.000000791. The van der Waals surface area contributed by atoms with E-state index in [2.05, 4.69) is 0 Å². The molecular formula is C10H20F3N. The lowest BCUT2D eigenvalue weighted by Crippen LogP contribution is -2.42. The van der Waals surface area contributed by atoms with E-state index in [4.69, 9.17) is 0 Å². The fourth-order valence-corrected chi connectivity index (χ4v) is 1.45. The van der Waals surface area contributed by atoms with Crippen molar-refractivity contribution in [3.8, 4) is 0 Å². The van der Waals surface area contributed by atoms with Crippen LogP contribution in [0.2, 0.25) is 0 Å². The summed E-state index contributed by atoms with van der Waals surface area (Å²) in [5, 5.41) is 0. The second kappa shape index (κ2) is 7.10. The predicted octanol–water partition coefficient (Wildman–Crippen LogP) is 2.96. The molecule has 0 bridgehead atoms. The van der Waals surface area contributed by atoms with Gasteiger partial charge in [0.05, 0.1) is 6.54 Å². The number of hydrogen-bond acceptors (Lipinski definition) is 1. The first-order chi connectivity index (χ1) is 6.59. The molecule has 0 radical (unpaired) electrons. The van der Waals surface area contributed by atoms with Gasteiger partial charge in [-0.2, -0.15) is 0 Å². The first-order valence-electron chi connectivity index (χ1n) is 5.24. The lowest BCUT2D eigenvalue weighted by atomic mass is 9.97. The van der Waals surface area contributed by atoms with Crippen molar-refractivity contribution in [2.45, 2.75) is 39.8 Å². The summed E-state index contributed by atoms with van der Waals surface area (Å²) in [7, 11) is 0. The minimum absolute atomic E-state index is 0.0268. The van der Waals surface area contributed by atoms with Crippen LogP contribution >= 0.6 is 0 Å². The summed E-state index contributed by atoms with van der Waals surface area (Å²) in [5.41, 5.74) is 0. The Bertz CT molecular complexity index is 141. The quantitative estimate of drug-likeness (QED) is 0.678. The van der Waals surface area contributed by atoms with Gasteiger partial charge < -0.3 is 0 Å². The van der Waals surface area contributed by atoms with Crippen LogP contribution in [0.3, 0.4) is 0 Å². The van der Waals surface area contributed by atoms with Gasteiger partial charge in [0.2, 0.25) is 0 Å². The van der Waals surface area contributed by atoms with Gasteiger partial charge in [-0.05, 0) is 18.9 Å². The van der Waals surface area contributed by atoms with E-state index in [-0.39, 0.29) is 19.0 Å². The molecule has 0 saturated carbocycles. The van der Waals surface area contributed by atoms with E-state index >= 15 is 0 Å². The summed E-state index contributed by atoms with van der Waals surface area (Å²) in [6, 6.07) is 0. The van der Waals surface area contributed by atoms with Crippen LogP contribution in [-0.2, 0) is 0 Å². The van der Waals surface area contributed by atoms with Crippen LogP contribution in [0.25, 0.3) is 0 Å². The van der Waals surface area contributed by atoms with E-state index in [1.807, 2.05) is 20.8 Å². The molecule has 0 spiro atoms. The molecule has 1 rings (SSSR count). The van der Waals surface area contributed by atoms with Crippen molar-refractivity contribution >= 4 is 0 Å². The molecule has 2 atom stereocenters. The number of piperidine rings is 1. The largest absolute Gasteiger partial charge is 0.295 e. The minimum atomic E-state index is -2.34. The molecule has 0 amide bonds. The molecule has 0 aromatic rings. The average molecular weight is 211 g/mol. The van der Waals surface area contributed by atoms with Crippen LogP contribution in [0.1, 0.15) is 27.2 Å². The van der Waals surface area contributed by atoms with Gasteiger partial charge in [-0.25, -0.2) is 13.2 Å². The first-order valence-corrected chi connectivity index (χ1v) is 5.24. The molecule has 1 aliphatic rings. The number of alkyl halides is 3. The van der Waals surface area contributed by atoms with Crippen molar-refractivity contribution in [2.75, 3.05) is 19.6 Å². The van der Waals surface area contributed by atoms with E-state index in [0.717, 1.165) is 0 Å². The maximum Gasteiger partial charge on any atom is 0.251 e. The molecule has 86 valence electrons. The van der Waals surface area contributed by atoms with Crippen molar-refractivity contribution in [1.29, 1.82) is 0 Å². The number of likely N-dealkylation sites (tertiary alicyclic amines) is 1. The molecule has 1 heterocycles. The molecule has 4 heteroatoms. The first kappa shape index (κ1) is 13.8. The molecular weight excluding hydrogens is 191 g/mol. The number of halogens is 3. The average Bonchev–Trinajstić information content (AvgIpc) is 2.14. The molecule has 2 unspecified atom stereocenters. The highest BCUT2D eigenvalue weighted by Gasteiger charge is 2.26. The van der Waals surface area contributed by atoms with E-state index in [9.17, 15) is 13.2 Å². The van der Waals surface area contributed by atoms with E-state index < -0.39 is 12.6 Å². The summed E-state index contributed by atoms with van der Waals surface area (Å²) < 4.78 is 36.7. The van der Waals surface area contributed by atoms with Gasteiger partial charge in [0.25, 0.3) is 6.43 Å². The van der Waals surface area contributed by atoms with Crippen molar-refractivity contribution in [3.63, 3.8) is 0 Å². The fourth-order valence-electron chi connectivity index (χ4n) is 1.45. The molecule has 1 aliphatic heterocycles. The summed E-state index contributed by atoms with van der Waals surface area (Å²) in [5.74, 6) is 0.0268. The molecule has 1 saturated heterocycles. The highest BCUT2D eigenvalue weighted by atomic mass is 19.3. The Morgan fingerprint density at radius 3 is 2.36 bits per heavy atom. The Hall–Kier alpha value is -0.250. The molecule has 0 aromatic carbocycles. The summed E-state index contributed by atoms with van der Waals surface area (Å²) in [6.45, 7) is 6.31. The van der Waals surface area contributed by atoms with E-state index in [1.165, 1.54) is 4.90 Å². The normalized spacial score (nSPS) is 28.5. The third-order valence-corrected chi connectivity index (χ3v) is 2.35. The topological polar surface area (TPSA) is 3.24 Å². The predicted molar refractivity (Wildman–Crippen MR) is 52.5 cm³/mol. The third-order valence-electron chi connectivity index (χ3n) is 2.35. The van der Waals surface area contributed by atoms with Crippen molar-refractivity contribution in [2.24, 2.45) is 5.92 Å². The van der Waals surface area contributed by atoms with E-state index in [1.54, 1.807) is 0 Å². The van der Waals surface area contributed by atoms with Crippen LogP contribution in [0, 0.1) is 5.92 Å². The minimum Gasteiger partial charge on any atom is -0.295 e. The highest BCUT2D eigenvalue weighted by Crippen LogP contribution is 2.20. The van der Waals surface area contributed by atoms with Gasteiger partial charge in [0, 0.05) is 6.54 Å². The Morgan fingerprint density at radius 2 is 1.93 bits per heavy atom. The Morgan fingerprint density at radius 1 is 1.36 bits per heavy atom. The lowest BCUT2D eigenvalue weighted by molar-refractivity contribution is 0.0377. The van der Waals surface area contributed by atoms with Crippen molar-refractivity contribution in [1.82, 2.24) is 4.90 Å². The molecule has 14 heavy (non-hydrogen) atoms. The summed E-state index contributed by atoms with van der Waals surface area (Å²) in [4.78, 5) is 1.50. The maximum atomic E-state index is 13.0. The molecule has 1 fully saturated rings. The number of rotatable bonds is 2. The zero-order chi connectivity index (χ0) is 11.1. The van der Waals surface area contributed by atoms with Gasteiger partial charge >= 0.3 is 0 Å². The smallest absolute Gasteiger partial charge is 0.251 e. The molecule has 0 N–H and O–H groups in total. The van der Waals surface area contributed by atoms with Crippen molar-refractivity contribution < 1.29 is 13.2 Å². The van der Waals surface area contributed by atoms with Gasteiger partial charge in [-0.1, -0.05) is 20.8 Å². The maximum absolute atomic E-state index is 13.0. The Kier molecular flexibility index (Phi) is 6.97. The molecule has 0 aliphatic carbocycles. The van der Waals surface area contributed by atoms with Gasteiger partial charge in [-0.15, -0.1) is 0 Å². The zero-order valence-corrected chi connectivity index (χ0v) is 9.14. The SMILES string of the molecule is CC.CC1CCN(CC(F)F)CC1F. The van der Waals surface area contributed by atoms with Crippen LogP contribution in [-0.4, -0.2) is 37.1 Å². The van der Waals surface area contributed by atoms with Crippen LogP contribution in [0.5, 0.6) is 0 Å². The van der Waals surface area contributed by atoms with Gasteiger partial charge in [-0.3, -0.25) is 4.90 Å². The summed E-state index contributed by atoms with van der Waals surface area (Å²) in [6.07, 6.45) is -2.59. The summed E-state index contributed by atoms with van der Waals surface area (Å²) >= 11 is 0. The zero-order valence-electron chi connectivity index (χ0n) is 9.14. The third kappa shape index (κ3) is 4.84. The fraction of sp³-hybridized carbons (Fsp3) is 1.00. The second-order valence-electron chi connectivity index (χ2n) is 3.43. The number of hydrogen-bond donors (Lipinski definition) is 0. The highest BCUT2D eigenvalue weighted by molar-refractivity contribution is 4.77.